The number of likely N-dealkylation sites (tertiary alicyclic amines) is 1. The van der Waals surface area contributed by atoms with Gasteiger partial charge in [-0.2, -0.15) is 0 Å². The molecule has 3 aliphatic rings. The van der Waals surface area contributed by atoms with Gasteiger partial charge in [0.2, 0.25) is 0 Å². The van der Waals surface area contributed by atoms with E-state index in [1.807, 2.05) is 0 Å². The summed E-state index contributed by atoms with van der Waals surface area (Å²) < 4.78 is 0. The molecule has 0 aromatic rings. The van der Waals surface area contributed by atoms with E-state index in [2.05, 4.69) is 29.4 Å². The molecule has 4 atom stereocenters. The predicted molar refractivity (Wildman–Crippen MR) is 85.0 cm³/mol. The van der Waals surface area contributed by atoms with Crippen molar-refractivity contribution in [2.75, 3.05) is 26.2 Å². The standard InChI is InChI=1S/C17H33N3/c1-13(2)20-10-8-14(12-20)11-19-17-6-3-5-15(17)16-7-4-9-18-16/h13-19H,3-12H2,1-2H3. The van der Waals surface area contributed by atoms with Crippen molar-refractivity contribution in [3.05, 3.63) is 0 Å². The zero-order chi connectivity index (χ0) is 13.9. The zero-order valence-electron chi connectivity index (χ0n) is 13.4. The molecule has 2 heterocycles. The first-order valence-corrected chi connectivity index (χ1v) is 8.95. The summed E-state index contributed by atoms with van der Waals surface area (Å²) in [6, 6.07) is 2.33. The van der Waals surface area contributed by atoms with Crippen LogP contribution < -0.4 is 10.6 Å². The highest BCUT2D eigenvalue weighted by atomic mass is 15.2. The summed E-state index contributed by atoms with van der Waals surface area (Å²) in [6.07, 6.45) is 8.47. The zero-order valence-corrected chi connectivity index (χ0v) is 13.4. The first kappa shape index (κ1) is 14.8. The summed E-state index contributed by atoms with van der Waals surface area (Å²) in [6.45, 7) is 9.77. The maximum absolute atomic E-state index is 3.94. The molecule has 3 fully saturated rings. The molecule has 0 aromatic heterocycles. The summed E-state index contributed by atoms with van der Waals surface area (Å²) in [5.74, 6) is 1.79. The second-order valence-corrected chi connectivity index (χ2v) is 7.56. The van der Waals surface area contributed by atoms with Crippen molar-refractivity contribution in [2.45, 2.75) is 70.5 Å². The van der Waals surface area contributed by atoms with Gasteiger partial charge in [0.15, 0.2) is 0 Å². The first-order valence-electron chi connectivity index (χ1n) is 8.95. The number of nitrogens with zero attached hydrogens (tertiary/aromatic N) is 1. The molecular weight excluding hydrogens is 246 g/mol. The third kappa shape index (κ3) is 3.37. The normalized spacial score (nSPS) is 39.1. The van der Waals surface area contributed by atoms with Crippen LogP contribution in [0.25, 0.3) is 0 Å². The van der Waals surface area contributed by atoms with Gasteiger partial charge >= 0.3 is 0 Å². The fourth-order valence-corrected chi connectivity index (χ4v) is 4.62. The van der Waals surface area contributed by atoms with Gasteiger partial charge in [0.05, 0.1) is 0 Å². The smallest absolute Gasteiger partial charge is 0.0111 e. The summed E-state index contributed by atoms with van der Waals surface area (Å²) in [5.41, 5.74) is 0. The molecule has 0 spiro atoms. The number of hydrogen-bond acceptors (Lipinski definition) is 3. The topological polar surface area (TPSA) is 27.3 Å². The van der Waals surface area contributed by atoms with Crippen molar-refractivity contribution >= 4 is 0 Å². The van der Waals surface area contributed by atoms with Crippen molar-refractivity contribution in [3.63, 3.8) is 0 Å². The van der Waals surface area contributed by atoms with Gasteiger partial charge in [-0.25, -0.2) is 0 Å². The minimum absolute atomic E-state index is 0.724. The Labute approximate surface area is 124 Å². The van der Waals surface area contributed by atoms with Crippen LogP contribution in [0.5, 0.6) is 0 Å². The highest BCUT2D eigenvalue weighted by molar-refractivity contribution is 4.93. The van der Waals surface area contributed by atoms with Gasteiger partial charge in [0, 0.05) is 24.7 Å². The maximum Gasteiger partial charge on any atom is 0.0111 e. The Balaban J connectivity index is 1.43. The Kier molecular flexibility index (Phi) is 5.00. The largest absolute Gasteiger partial charge is 0.314 e. The Morgan fingerprint density at radius 3 is 2.75 bits per heavy atom. The Morgan fingerprint density at radius 1 is 1.15 bits per heavy atom. The van der Waals surface area contributed by atoms with Crippen LogP contribution in [-0.4, -0.2) is 49.2 Å². The third-order valence-electron chi connectivity index (χ3n) is 5.90. The second kappa shape index (κ2) is 6.76. The monoisotopic (exact) mass is 279 g/mol. The van der Waals surface area contributed by atoms with Gasteiger partial charge in [-0.1, -0.05) is 6.42 Å². The molecule has 116 valence electrons. The van der Waals surface area contributed by atoms with Crippen LogP contribution in [0.4, 0.5) is 0 Å². The molecule has 0 amide bonds. The van der Waals surface area contributed by atoms with Gasteiger partial charge in [0.25, 0.3) is 0 Å². The summed E-state index contributed by atoms with van der Waals surface area (Å²) >= 11 is 0. The van der Waals surface area contributed by atoms with E-state index in [0.29, 0.717) is 0 Å². The molecule has 0 bridgehead atoms. The van der Waals surface area contributed by atoms with Crippen LogP contribution in [0.2, 0.25) is 0 Å². The average molecular weight is 279 g/mol. The molecule has 3 nitrogen and oxygen atoms in total. The van der Waals surface area contributed by atoms with Crippen LogP contribution in [0.3, 0.4) is 0 Å². The third-order valence-corrected chi connectivity index (χ3v) is 5.90. The predicted octanol–water partition coefficient (Wildman–Crippen LogP) is 2.23. The van der Waals surface area contributed by atoms with E-state index in [0.717, 1.165) is 30.0 Å². The lowest BCUT2D eigenvalue weighted by Crippen LogP contribution is -2.43. The average Bonchev–Trinajstić information content (AvgIpc) is 3.17. The molecule has 1 saturated carbocycles. The van der Waals surface area contributed by atoms with Gasteiger partial charge in [-0.05, 0) is 77.4 Å². The molecule has 0 aromatic carbocycles. The van der Waals surface area contributed by atoms with Crippen LogP contribution >= 0.6 is 0 Å². The van der Waals surface area contributed by atoms with Crippen LogP contribution in [-0.2, 0) is 0 Å². The Morgan fingerprint density at radius 2 is 2.05 bits per heavy atom. The number of nitrogens with one attached hydrogen (secondary N) is 2. The number of rotatable bonds is 5. The fourth-order valence-electron chi connectivity index (χ4n) is 4.62. The van der Waals surface area contributed by atoms with E-state index < -0.39 is 0 Å². The molecule has 0 radical (unpaired) electrons. The van der Waals surface area contributed by atoms with Crippen LogP contribution in [0, 0.1) is 11.8 Å². The van der Waals surface area contributed by atoms with Gasteiger partial charge in [-0.15, -0.1) is 0 Å². The Bertz CT molecular complexity index is 299. The van der Waals surface area contributed by atoms with Crippen LogP contribution in [0.1, 0.15) is 52.4 Å². The summed E-state index contributed by atoms with van der Waals surface area (Å²) in [7, 11) is 0. The summed E-state index contributed by atoms with van der Waals surface area (Å²) in [4.78, 5) is 2.64. The van der Waals surface area contributed by atoms with E-state index in [1.165, 1.54) is 64.7 Å². The molecule has 20 heavy (non-hydrogen) atoms. The van der Waals surface area contributed by atoms with Gasteiger partial charge < -0.3 is 15.5 Å². The van der Waals surface area contributed by atoms with E-state index in [9.17, 15) is 0 Å². The molecule has 2 N–H and O–H groups in total. The molecule has 3 rings (SSSR count). The molecule has 1 aliphatic carbocycles. The lowest BCUT2D eigenvalue weighted by Gasteiger charge is -2.28. The van der Waals surface area contributed by atoms with Crippen molar-refractivity contribution in [1.82, 2.24) is 15.5 Å². The molecule has 2 aliphatic heterocycles. The molecule has 4 unspecified atom stereocenters. The van der Waals surface area contributed by atoms with Gasteiger partial charge in [-0.3, -0.25) is 0 Å². The van der Waals surface area contributed by atoms with E-state index in [-0.39, 0.29) is 0 Å². The van der Waals surface area contributed by atoms with Crippen molar-refractivity contribution in [2.24, 2.45) is 11.8 Å². The highest BCUT2D eigenvalue weighted by Crippen LogP contribution is 2.32. The quantitative estimate of drug-likeness (QED) is 0.808. The fraction of sp³-hybridized carbons (Fsp3) is 1.00. The highest BCUT2D eigenvalue weighted by Gasteiger charge is 2.35. The van der Waals surface area contributed by atoms with Crippen molar-refractivity contribution in [3.8, 4) is 0 Å². The van der Waals surface area contributed by atoms with E-state index in [4.69, 9.17) is 0 Å². The molecular formula is C17H33N3. The summed E-state index contributed by atoms with van der Waals surface area (Å²) in [5, 5.41) is 7.67. The van der Waals surface area contributed by atoms with Crippen LogP contribution in [0.15, 0.2) is 0 Å². The van der Waals surface area contributed by atoms with Crippen molar-refractivity contribution in [1.29, 1.82) is 0 Å². The van der Waals surface area contributed by atoms with Gasteiger partial charge in [0.1, 0.15) is 0 Å². The van der Waals surface area contributed by atoms with E-state index in [1.54, 1.807) is 0 Å². The lowest BCUT2D eigenvalue weighted by atomic mass is 9.92. The van der Waals surface area contributed by atoms with E-state index >= 15 is 0 Å². The lowest BCUT2D eigenvalue weighted by molar-refractivity contribution is 0.258. The molecule has 2 saturated heterocycles. The minimum atomic E-state index is 0.724. The Hall–Kier alpha value is -0.120. The SMILES string of the molecule is CC(C)N1CCC(CNC2CCCC2C2CCCN2)C1. The second-order valence-electron chi connectivity index (χ2n) is 7.56. The van der Waals surface area contributed by atoms with Crippen molar-refractivity contribution < 1.29 is 0 Å². The first-order chi connectivity index (χ1) is 9.74. The molecule has 3 heteroatoms. The minimum Gasteiger partial charge on any atom is -0.314 e. The number of hydrogen-bond donors (Lipinski definition) is 2. The maximum atomic E-state index is 3.94.